The Morgan fingerprint density at radius 2 is 1.38 bits per heavy atom. The summed E-state index contributed by atoms with van der Waals surface area (Å²) < 4.78 is 5.54. The Balaban J connectivity index is 1.33. The first kappa shape index (κ1) is 23.8. The van der Waals surface area contributed by atoms with Crippen molar-refractivity contribution in [3.05, 3.63) is 29.8 Å². The number of nitrogens with zero attached hydrogens (tertiary/aromatic N) is 1. The maximum absolute atomic E-state index is 12.0. The van der Waals surface area contributed by atoms with Crippen molar-refractivity contribution in [2.45, 2.75) is 82.7 Å². The number of carbonyl (C=O) groups is 3. The van der Waals surface area contributed by atoms with Crippen LogP contribution in [0.2, 0.25) is 0 Å². The lowest BCUT2D eigenvalue weighted by molar-refractivity contribution is -0.130. The zero-order valence-corrected chi connectivity index (χ0v) is 18.6. The van der Waals surface area contributed by atoms with Crippen LogP contribution in [-0.4, -0.2) is 42.6 Å². The first-order valence-corrected chi connectivity index (χ1v) is 11.7. The fourth-order valence-electron chi connectivity index (χ4n) is 4.21. The molecule has 32 heavy (non-hydrogen) atoms. The van der Waals surface area contributed by atoms with Crippen LogP contribution in [0, 0.1) is 0 Å². The topological polar surface area (TPSA) is 109 Å². The van der Waals surface area contributed by atoms with Crippen molar-refractivity contribution in [3.8, 4) is 5.75 Å². The number of benzene rings is 1. The molecule has 2 saturated carbocycles. The van der Waals surface area contributed by atoms with Gasteiger partial charge in [0.1, 0.15) is 12.2 Å². The number of hydrazone groups is 1. The number of hydrogen-bond donors (Lipinski definition) is 3. The molecular weight excluding hydrogens is 408 g/mol. The second-order valence-electron chi connectivity index (χ2n) is 8.63. The van der Waals surface area contributed by atoms with Crippen molar-refractivity contribution in [1.82, 2.24) is 16.1 Å². The fourth-order valence-corrected chi connectivity index (χ4v) is 4.21. The maximum Gasteiger partial charge on any atom is 0.258 e. The highest BCUT2D eigenvalue weighted by Crippen LogP contribution is 2.18. The van der Waals surface area contributed by atoms with E-state index in [4.69, 9.17) is 4.74 Å². The Morgan fingerprint density at radius 3 is 1.97 bits per heavy atom. The van der Waals surface area contributed by atoms with Gasteiger partial charge in [-0.3, -0.25) is 14.4 Å². The molecule has 8 nitrogen and oxygen atoms in total. The van der Waals surface area contributed by atoms with Gasteiger partial charge in [0.2, 0.25) is 11.8 Å². The predicted octanol–water partition coefficient (Wildman–Crippen LogP) is 2.80. The van der Waals surface area contributed by atoms with Crippen LogP contribution < -0.4 is 20.8 Å². The van der Waals surface area contributed by atoms with Gasteiger partial charge in [0.25, 0.3) is 5.91 Å². The minimum Gasteiger partial charge on any atom is -0.484 e. The summed E-state index contributed by atoms with van der Waals surface area (Å²) in [5, 5.41) is 9.83. The Hall–Kier alpha value is -2.90. The summed E-state index contributed by atoms with van der Waals surface area (Å²) in [6.07, 6.45) is 12.4. The molecule has 0 aromatic heterocycles. The predicted molar refractivity (Wildman–Crippen MR) is 122 cm³/mol. The molecule has 2 fully saturated rings. The van der Waals surface area contributed by atoms with Crippen LogP contribution in [0.25, 0.3) is 0 Å². The van der Waals surface area contributed by atoms with E-state index < -0.39 is 5.91 Å². The van der Waals surface area contributed by atoms with E-state index >= 15 is 0 Å². The molecule has 174 valence electrons. The monoisotopic (exact) mass is 442 g/mol. The molecule has 2 aliphatic carbocycles. The highest BCUT2D eigenvalue weighted by molar-refractivity contribution is 5.97. The van der Waals surface area contributed by atoms with Gasteiger partial charge in [0.15, 0.2) is 6.61 Å². The summed E-state index contributed by atoms with van der Waals surface area (Å²) in [5.41, 5.74) is 3.14. The minimum atomic E-state index is -0.446. The molecule has 0 aliphatic heterocycles. The Bertz CT molecular complexity index is 782. The Labute approximate surface area is 189 Å². The smallest absolute Gasteiger partial charge is 0.258 e. The molecule has 0 unspecified atom stereocenters. The van der Waals surface area contributed by atoms with E-state index in [1.165, 1.54) is 31.9 Å². The third kappa shape index (κ3) is 8.69. The van der Waals surface area contributed by atoms with Crippen LogP contribution in [0.3, 0.4) is 0 Å². The summed E-state index contributed by atoms with van der Waals surface area (Å²) in [4.78, 5) is 35.9. The fraction of sp³-hybridized carbons (Fsp3) is 0.583. The molecule has 3 rings (SSSR count). The molecule has 0 bridgehead atoms. The molecule has 1 aromatic rings. The largest absolute Gasteiger partial charge is 0.484 e. The average molecular weight is 443 g/mol. The van der Waals surface area contributed by atoms with E-state index in [0.29, 0.717) is 5.75 Å². The van der Waals surface area contributed by atoms with E-state index in [-0.39, 0.29) is 36.9 Å². The number of hydrogen-bond acceptors (Lipinski definition) is 5. The third-order valence-electron chi connectivity index (χ3n) is 5.91. The standard InChI is InChI=1S/C24H34N4O4/c29-22(26-19-7-3-1-4-8-19)15-23(30)28-25-16-18-11-13-21(14-12-18)32-17-24(31)27-20-9-5-2-6-10-20/h11-14,16,19-20H,1-10,15,17H2,(H,26,29)(H,27,31)(H,28,30)/b25-16+. The van der Waals surface area contributed by atoms with Gasteiger partial charge in [0.05, 0.1) is 6.21 Å². The first-order chi connectivity index (χ1) is 15.6. The van der Waals surface area contributed by atoms with Crippen LogP contribution >= 0.6 is 0 Å². The summed E-state index contributed by atoms with van der Waals surface area (Å²) >= 11 is 0. The van der Waals surface area contributed by atoms with Crippen molar-refractivity contribution in [3.63, 3.8) is 0 Å². The van der Waals surface area contributed by atoms with E-state index in [0.717, 1.165) is 44.1 Å². The lowest BCUT2D eigenvalue weighted by atomic mass is 9.95. The molecule has 0 saturated heterocycles. The molecule has 0 heterocycles. The Kier molecular flexibility index (Phi) is 9.53. The summed E-state index contributed by atoms with van der Waals surface area (Å²) in [5.74, 6) is -0.223. The second kappa shape index (κ2) is 12.8. The van der Waals surface area contributed by atoms with Gasteiger partial charge in [-0.15, -0.1) is 0 Å². The van der Waals surface area contributed by atoms with Gasteiger partial charge in [-0.05, 0) is 55.5 Å². The van der Waals surface area contributed by atoms with Crippen molar-refractivity contribution < 1.29 is 19.1 Å². The zero-order valence-electron chi connectivity index (χ0n) is 18.6. The quantitative estimate of drug-likeness (QED) is 0.310. The molecule has 0 radical (unpaired) electrons. The van der Waals surface area contributed by atoms with Crippen molar-refractivity contribution in [1.29, 1.82) is 0 Å². The Morgan fingerprint density at radius 1 is 0.812 bits per heavy atom. The van der Waals surface area contributed by atoms with E-state index in [1.807, 2.05) is 0 Å². The lowest BCUT2D eigenvalue weighted by Crippen LogP contribution is -2.38. The normalized spacial score (nSPS) is 17.6. The molecule has 8 heteroatoms. The molecular formula is C24H34N4O4. The van der Waals surface area contributed by atoms with Gasteiger partial charge in [-0.1, -0.05) is 38.5 Å². The van der Waals surface area contributed by atoms with Crippen LogP contribution in [0.5, 0.6) is 5.75 Å². The highest BCUT2D eigenvalue weighted by Gasteiger charge is 2.17. The van der Waals surface area contributed by atoms with Gasteiger partial charge < -0.3 is 15.4 Å². The van der Waals surface area contributed by atoms with E-state index in [1.54, 1.807) is 24.3 Å². The van der Waals surface area contributed by atoms with Gasteiger partial charge in [-0.25, -0.2) is 5.43 Å². The number of nitrogens with one attached hydrogen (secondary N) is 3. The molecule has 2 aliphatic rings. The highest BCUT2D eigenvalue weighted by atomic mass is 16.5. The molecule has 3 N–H and O–H groups in total. The van der Waals surface area contributed by atoms with Crippen LogP contribution in [-0.2, 0) is 14.4 Å². The van der Waals surface area contributed by atoms with E-state index in [9.17, 15) is 14.4 Å². The number of rotatable bonds is 9. The summed E-state index contributed by atoms with van der Waals surface area (Å²) in [6, 6.07) is 7.50. The van der Waals surface area contributed by atoms with Crippen LogP contribution in [0.4, 0.5) is 0 Å². The number of carbonyl (C=O) groups excluding carboxylic acids is 3. The summed E-state index contributed by atoms with van der Waals surface area (Å²) in [7, 11) is 0. The second-order valence-corrected chi connectivity index (χ2v) is 8.63. The first-order valence-electron chi connectivity index (χ1n) is 11.7. The third-order valence-corrected chi connectivity index (χ3v) is 5.91. The van der Waals surface area contributed by atoms with Crippen LogP contribution in [0.15, 0.2) is 29.4 Å². The molecule has 0 spiro atoms. The number of amides is 3. The average Bonchev–Trinajstić information content (AvgIpc) is 2.80. The molecule has 0 atom stereocenters. The lowest BCUT2D eigenvalue weighted by Gasteiger charge is -2.22. The van der Waals surface area contributed by atoms with Crippen molar-refractivity contribution >= 4 is 23.9 Å². The summed E-state index contributed by atoms with van der Waals surface area (Å²) in [6.45, 7) is -0.0110. The maximum atomic E-state index is 12.0. The zero-order chi connectivity index (χ0) is 22.6. The number of ether oxygens (including phenoxy) is 1. The van der Waals surface area contributed by atoms with Gasteiger partial charge >= 0.3 is 0 Å². The van der Waals surface area contributed by atoms with Gasteiger partial charge in [0, 0.05) is 12.1 Å². The minimum absolute atomic E-state index is 0.0110. The van der Waals surface area contributed by atoms with Gasteiger partial charge in [-0.2, -0.15) is 5.10 Å². The van der Waals surface area contributed by atoms with Crippen molar-refractivity contribution in [2.24, 2.45) is 5.10 Å². The van der Waals surface area contributed by atoms with E-state index in [2.05, 4.69) is 21.2 Å². The molecule has 3 amide bonds. The molecule has 1 aromatic carbocycles. The van der Waals surface area contributed by atoms with Crippen molar-refractivity contribution in [2.75, 3.05) is 6.61 Å². The SMILES string of the molecule is O=C(CC(=O)NC1CCCCC1)N/N=C/c1ccc(OCC(=O)NC2CCCCC2)cc1. The van der Waals surface area contributed by atoms with Crippen LogP contribution in [0.1, 0.15) is 76.2 Å².